The lowest BCUT2D eigenvalue weighted by Crippen LogP contribution is -2.28. The standard InChI is InChI=1S/C7H12F2O3/c1-5(2)12-4-7(8,9)3-6(10)11/h5H,3-4H2,1-2H3,(H,10,11). The number of hydrogen-bond acceptors (Lipinski definition) is 2. The number of rotatable bonds is 5. The fraction of sp³-hybridized carbons (Fsp3) is 0.857. The van der Waals surface area contributed by atoms with Gasteiger partial charge in [-0.05, 0) is 13.8 Å². The van der Waals surface area contributed by atoms with Gasteiger partial charge >= 0.3 is 5.97 Å². The Labute approximate surface area is 69.3 Å². The van der Waals surface area contributed by atoms with Gasteiger partial charge in [0, 0.05) is 0 Å². The highest BCUT2D eigenvalue weighted by Gasteiger charge is 2.32. The van der Waals surface area contributed by atoms with E-state index in [4.69, 9.17) is 5.11 Å². The van der Waals surface area contributed by atoms with Gasteiger partial charge < -0.3 is 9.84 Å². The van der Waals surface area contributed by atoms with Crippen LogP contribution in [0.5, 0.6) is 0 Å². The van der Waals surface area contributed by atoms with Gasteiger partial charge in [-0.2, -0.15) is 0 Å². The van der Waals surface area contributed by atoms with Crippen molar-refractivity contribution in [3.05, 3.63) is 0 Å². The van der Waals surface area contributed by atoms with E-state index in [0.29, 0.717) is 0 Å². The molecule has 12 heavy (non-hydrogen) atoms. The second-order valence-electron chi connectivity index (χ2n) is 2.79. The molecule has 0 amide bonds. The van der Waals surface area contributed by atoms with Gasteiger partial charge in [0.25, 0.3) is 5.92 Å². The Kier molecular flexibility index (Phi) is 4.09. The van der Waals surface area contributed by atoms with Gasteiger partial charge in [-0.1, -0.05) is 0 Å². The van der Waals surface area contributed by atoms with Gasteiger partial charge in [0.1, 0.15) is 13.0 Å². The third kappa shape index (κ3) is 6.03. The quantitative estimate of drug-likeness (QED) is 0.701. The highest BCUT2D eigenvalue weighted by Crippen LogP contribution is 2.18. The predicted molar refractivity (Wildman–Crippen MR) is 38.3 cm³/mol. The molecule has 0 aromatic rings. The van der Waals surface area contributed by atoms with Crippen molar-refractivity contribution in [3.8, 4) is 0 Å². The topological polar surface area (TPSA) is 46.5 Å². The minimum Gasteiger partial charge on any atom is -0.481 e. The summed E-state index contributed by atoms with van der Waals surface area (Å²) in [7, 11) is 0. The third-order valence-electron chi connectivity index (χ3n) is 1.04. The molecule has 0 aromatic carbocycles. The molecule has 72 valence electrons. The second-order valence-corrected chi connectivity index (χ2v) is 2.79. The first-order valence-corrected chi connectivity index (χ1v) is 3.55. The van der Waals surface area contributed by atoms with Gasteiger partial charge in [0.15, 0.2) is 0 Å². The molecular formula is C7H12F2O3. The van der Waals surface area contributed by atoms with E-state index in [1.54, 1.807) is 13.8 Å². The number of alkyl halides is 2. The van der Waals surface area contributed by atoms with Crippen LogP contribution >= 0.6 is 0 Å². The van der Waals surface area contributed by atoms with E-state index < -0.39 is 24.9 Å². The Bertz CT molecular complexity index is 157. The zero-order valence-electron chi connectivity index (χ0n) is 7.01. The molecule has 0 heterocycles. The molecule has 0 aliphatic carbocycles. The van der Waals surface area contributed by atoms with Crippen LogP contribution in [0.25, 0.3) is 0 Å². The summed E-state index contributed by atoms with van der Waals surface area (Å²) in [6, 6.07) is 0. The van der Waals surface area contributed by atoms with E-state index in [0.717, 1.165) is 0 Å². The lowest BCUT2D eigenvalue weighted by Gasteiger charge is -2.15. The van der Waals surface area contributed by atoms with E-state index in [1.807, 2.05) is 0 Å². The van der Waals surface area contributed by atoms with Crippen molar-refractivity contribution in [2.75, 3.05) is 6.61 Å². The molecule has 0 atom stereocenters. The molecule has 3 nitrogen and oxygen atoms in total. The van der Waals surface area contributed by atoms with Gasteiger partial charge in [-0.15, -0.1) is 0 Å². The van der Waals surface area contributed by atoms with Crippen LogP contribution in [0.2, 0.25) is 0 Å². The molecule has 0 fully saturated rings. The smallest absolute Gasteiger partial charge is 0.309 e. The summed E-state index contributed by atoms with van der Waals surface area (Å²) in [6.07, 6.45) is -1.50. The number of carbonyl (C=O) groups is 1. The molecule has 0 saturated carbocycles. The lowest BCUT2D eigenvalue weighted by molar-refractivity contribution is -0.151. The zero-order chi connectivity index (χ0) is 9.78. The van der Waals surface area contributed by atoms with Crippen LogP contribution in [0.1, 0.15) is 20.3 Å². The molecule has 0 saturated heterocycles. The molecule has 0 aliphatic heterocycles. The van der Waals surface area contributed by atoms with Crippen molar-refractivity contribution in [3.63, 3.8) is 0 Å². The summed E-state index contributed by atoms with van der Waals surface area (Å²) in [5.41, 5.74) is 0. The maximum absolute atomic E-state index is 12.5. The summed E-state index contributed by atoms with van der Waals surface area (Å²) in [5, 5.41) is 8.08. The number of halogens is 2. The van der Waals surface area contributed by atoms with Gasteiger partial charge in [0.05, 0.1) is 6.10 Å². The Balaban J connectivity index is 3.78. The van der Waals surface area contributed by atoms with Crippen LogP contribution in [-0.4, -0.2) is 29.7 Å². The summed E-state index contributed by atoms with van der Waals surface area (Å²) < 4.78 is 29.7. The first-order chi connectivity index (χ1) is 5.33. The third-order valence-corrected chi connectivity index (χ3v) is 1.04. The fourth-order valence-electron chi connectivity index (χ4n) is 0.561. The molecule has 0 radical (unpaired) electrons. The molecule has 0 bridgehead atoms. The molecule has 0 aromatic heterocycles. The van der Waals surface area contributed by atoms with Crippen LogP contribution in [0.15, 0.2) is 0 Å². The molecule has 0 rings (SSSR count). The highest BCUT2D eigenvalue weighted by atomic mass is 19.3. The number of carboxylic acid groups (broad SMARTS) is 1. The molecule has 0 unspecified atom stereocenters. The van der Waals surface area contributed by atoms with Crippen molar-refractivity contribution in [2.24, 2.45) is 0 Å². The normalized spacial score (nSPS) is 12.1. The lowest BCUT2D eigenvalue weighted by atomic mass is 10.2. The number of hydrogen-bond donors (Lipinski definition) is 1. The van der Waals surface area contributed by atoms with Gasteiger partial charge in [-0.3, -0.25) is 4.79 Å². The number of carboxylic acids is 1. The van der Waals surface area contributed by atoms with Crippen molar-refractivity contribution >= 4 is 5.97 Å². The van der Waals surface area contributed by atoms with Crippen LogP contribution < -0.4 is 0 Å². The molecule has 5 heteroatoms. The van der Waals surface area contributed by atoms with E-state index in [9.17, 15) is 13.6 Å². The largest absolute Gasteiger partial charge is 0.481 e. The number of aliphatic carboxylic acids is 1. The summed E-state index contributed by atoms with van der Waals surface area (Å²) in [4.78, 5) is 9.92. The van der Waals surface area contributed by atoms with Crippen LogP contribution in [-0.2, 0) is 9.53 Å². The fourth-order valence-corrected chi connectivity index (χ4v) is 0.561. The molecular weight excluding hydrogens is 170 g/mol. The predicted octanol–water partition coefficient (Wildman–Crippen LogP) is 1.52. The van der Waals surface area contributed by atoms with E-state index in [-0.39, 0.29) is 6.10 Å². The average molecular weight is 182 g/mol. The van der Waals surface area contributed by atoms with Crippen LogP contribution in [0.4, 0.5) is 8.78 Å². The van der Waals surface area contributed by atoms with Gasteiger partial charge in [0.2, 0.25) is 0 Å². The first-order valence-electron chi connectivity index (χ1n) is 3.55. The maximum atomic E-state index is 12.5. The van der Waals surface area contributed by atoms with Crippen LogP contribution in [0.3, 0.4) is 0 Å². The Hall–Kier alpha value is -0.710. The summed E-state index contributed by atoms with van der Waals surface area (Å²) >= 11 is 0. The molecule has 1 N–H and O–H groups in total. The van der Waals surface area contributed by atoms with Crippen molar-refractivity contribution in [1.29, 1.82) is 0 Å². The summed E-state index contributed by atoms with van der Waals surface area (Å²) in [6.45, 7) is 2.38. The Morgan fingerprint density at radius 1 is 1.58 bits per heavy atom. The monoisotopic (exact) mass is 182 g/mol. The van der Waals surface area contributed by atoms with E-state index in [2.05, 4.69) is 4.74 Å². The van der Waals surface area contributed by atoms with Crippen LogP contribution in [0, 0.1) is 0 Å². The minimum absolute atomic E-state index is 0.315. The van der Waals surface area contributed by atoms with Crippen molar-refractivity contribution in [2.45, 2.75) is 32.3 Å². The Morgan fingerprint density at radius 2 is 2.08 bits per heavy atom. The average Bonchev–Trinajstić information content (AvgIpc) is 1.81. The van der Waals surface area contributed by atoms with Crippen molar-refractivity contribution < 1.29 is 23.4 Å². The first kappa shape index (κ1) is 11.3. The summed E-state index contributed by atoms with van der Waals surface area (Å²) in [5.74, 6) is -4.79. The second kappa shape index (κ2) is 4.35. The van der Waals surface area contributed by atoms with E-state index in [1.165, 1.54) is 0 Å². The van der Waals surface area contributed by atoms with Gasteiger partial charge in [-0.25, -0.2) is 8.78 Å². The minimum atomic E-state index is -3.27. The maximum Gasteiger partial charge on any atom is 0.309 e. The molecule has 0 aliphatic rings. The number of ether oxygens (including phenoxy) is 1. The SMILES string of the molecule is CC(C)OCC(F)(F)CC(=O)O. The molecule has 0 spiro atoms. The van der Waals surface area contributed by atoms with E-state index >= 15 is 0 Å². The Morgan fingerprint density at radius 3 is 2.42 bits per heavy atom. The zero-order valence-corrected chi connectivity index (χ0v) is 7.01. The van der Waals surface area contributed by atoms with Crippen molar-refractivity contribution in [1.82, 2.24) is 0 Å². The highest BCUT2D eigenvalue weighted by molar-refractivity contribution is 5.67.